The average Bonchev–Trinajstić information content (AvgIpc) is 3.22. The second-order valence-corrected chi connectivity index (χ2v) is 6.50. The van der Waals surface area contributed by atoms with Crippen LogP contribution in [-0.4, -0.2) is 33.3 Å². The Labute approximate surface area is 150 Å². The van der Waals surface area contributed by atoms with Crippen LogP contribution in [0.3, 0.4) is 0 Å². The van der Waals surface area contributed by atoms with Gasteiger partial charge in [-0.3, -0.25) is 9.59 Å². The normalized spacial score (nSPS) is 15.5. The standard InChI is InChI=1S/C16H13ClF3N3O3/c17-9-1-3-10(4-2-9)23-12(16(18,19)20)11(7-22-23)13(24)21-8-15(5-6-15)14(25)26/h1-4,7H,5-6,8H2,(H,21,24)(H,25,26). The topological polar surface area (TPSA) is 84.2 Å². The van der Waals surface area contributed by atoms with Gasteiger partial charge < -0.3 is 10.4 Å². The molecule has 1 heterocycles. The number of alkyl halides is 3. The van der Waals surface area contributed by atoms with Crippen LogP contribution in [0.5, 0.6) is 0 Å². The van der Waals surface area contributed by atoms with Crippen molar-refractivity contribution in [1.29, 1.82) is 0 Å². The lowest BCUT2D eigenvalue weighted by atomic mass is 10.1. The van der Waals surface area contributed by atoms with Gasteiger partial charge in [0, 0.05) is 11.6 Å². The van der Waals surface area contributed by atoms with E-state index in [-0.39, 0.29) is 12.2 Å². The molecule has 2 N–H and O–H groups in total. The summed E-state index contributed by atoms with van der Waals surface area (Å²) in [6.45, 7) is -0.232. The quantitative estimate of drug-likeness (QED) is 0.825. The summed E-state index contributed by atoms with van der Waals surface area (Å²) in [5, 5.41) is 15.4. The minimum absolute atomic E-state index is 0.0879. The lowest BCUT2D eigenvalue weighted by Gasteiger charge is -2.14. The fraction of sp³-hybridized carbons (Fsp3) is 0.312. The number of aromatic nitrogens is 2. The van der Waals surface area contributed by atoms with Gasteiger partial charge in [0.1, 0.15) is 0 Å². The van der Waals surface area contributed by atoms with Crippen molar-refractivity contribution < 1.29 is 27.9 Å². The number of nitrogens with zero attached hydrogens (tertiary/aromatic N) is 2. The number of carbonyl (C=O) groups excluding carboxylic acids is 1. The second-order valence-electron chi connectivity index (χ2n) is 6.06. The monoisotopic (exact) mass is 387 g/mol. The fourth-order valence-electron chi connectivity index (χ4n) is 2.53. The van der Waals surface area contributed by atoms with Crippen LogP contribution >= 0.6 is 11.6 Å². The van der Waals surface area contributed by atoms with Gasteiger partial charge in [-0.25, -0.2) is 4.68 Å². The molecule has 0 saturated heterocycles. The van der Waals surface area contributed by atoms with Crippen LogP contribution in [0.4, 0.5) is 13.2 Å². The van der Waals surface area contributed by atoms with E-state index in [0.717, 1.165) is 6.20 Å². The number of benzene rings is 1. The van der Waals surface area contributed by atoms with Gasteiger partial charge in [-0.1, -0.05) is 11.6 Å². The Morgan fingerprint density at radius 1 is 1.27 bits per heavy atom. The van der Waals surface area contributed by atoms with Crippen molar-refractivity contribution in [3.8, 4) is 5.69 Å². The number of halogens is 4. The smallest absolute Gasteiger partial charge is 0.434 e. The minimum Gasteiger partial charge on any atom is -0.481 e. The first-order valence-corrected chi connectivity index (χ1v) is 7.95. The number of rotatable bonds is 5. The number of aliphatic carboxylic acids is 1. The zero-order valence-corrected chi connectivity index (χ0v) is 13.9. The lowest BCUT2D eigenvalue weighted by molar-refractivity contribution is -0.144. The summed E-state index contributed by atoms with van der Waals surface area (Å²) >= 11 is 5.74. The molecule has 1 aliphatic rings. The van der Waals surface area contributed by atoms with E-state index in [2.05, 4.69) is 10.4 Å². The Bertz CT molecular complexity index is 858. The van der Waals surface area contributed by atoms with E-state index in [4.69, 9.17) is 16.7 Å². The highest BCUT2D eigenvalue weighted by atomic mass is 35.5. The molecular weight excluding hydrogens is 375 g/mol. The van der Waals surface area contributed by atoms with E-state index >= 15 is 0 Å². The maximum atomic E-state index is 13.5. The van der Waals surface area contributed by atoms with Crippen molar-refractivity contribution in [1.82, 2.24) is 15.1 Å². The Hall–Kier alpha value is -2.55. The van der Waals surface area contributed by atoms with Crippen molar-refractivity contribution >= 4 is 23.5 Å². The first kappa shape index (κ1) is 18.2. The number of hydrogen-bond acceptors (Lipinski definition) is 3. The van der Waals surface area contributed by atoms with Gasteiger partial charge in [-0.15, -0.1) is 0 Å². The molecule has 1 fully saturated rings. The van der Waals surface area contributed by atoms with Crippen LogP contribution < -0.4 is 5.32 Å². The number of nitrogens with one attached hydrogen (secondary N) is 1. The highest BCUT2D eigenvalue weighted by molar-refractivity contribution is 6.30. The minimum atomic E-state index is -4.84. The summed E-state index contributed by atoms with van der Waals surface area (Å²) in [5.41, 5.74) is -2.91. The zero-order chi connectivity index (χ0) is 19.1. The third-order valence-corrected chi connectivity index (χ3v) is 4.50. The molecule has 0 bridgehead atoms. The van der Waals surface area contributed by atoms with Crippen LogP contribution in [0.25, 0.3) is 5.69 Å². The summed E-state index contributed by atoms with van der Waals surface area (Å²) in [6, 6.07) is 5.50. The molecule has 6 nitrogen and oxygen atoms in total. The van der Waals surface area contributed by atoms with E-state index in [1.54, 1.807) is 0 Å². The highest BCUT2D eigenvalue weighted by Gasteiger charge is 2.50. The summed E-state index contributed by atoms with van der Waals surface area (Å²) in [7, 11) is 0. The third-order valence-electron chi connectivity index (χ3n) is 4.25. The molecule has 10 heteroatoms. The molecule has 1 saturated carbocycles. The lowest BCUT2D eigenvalue weighted by Crippen LogP contribution is -2.35. The molecule has 1 amide bonds. The van der Waals surface area contributed by atoms with Gasteiger partial charge in [-0.05, 0) is 37.1 Å². The summed E-state index contributed by atoms with van der Waals surface area (Å²) in [4.78, 5) is 23.3. The van der Waals surface area contributed by atoms with E-state index in [1.807, 2.05) is 0 Å². The van der Waals surface area contributed by atoms with Gasteiger partial charge in [-0.2, -0.15) is 18.3 Å². The molecule has 1 aromatic carbocycles. The molecule has 1 aliphatic carbocycles. The van der Waals surface area contributed by atoms with Gasteiger partial charge in [0.05, 0.1) is 22.9 Å². The fourth-order valence-corrected chi connectivity index (χ4v) is 2.65. The first-order valence-electron chi connectivity index (χ1n) is 7.57. The van der Waals surface area contributed by atoms with Crippen LogP contribution in [-0.2, 0) is 11.0 Å². The van der Waals surface area contributed by atoms with Crippen molar-refractivity contribution in [2.45, 2.75) is 19.0 Å². The predicted molar refractivity (Wildman–Crippen MR) is 85.2 cm³/mol. The third kappa shape index (κ3) is 3.39. The molecule has 2 aromatic rings. The maximum absolute atomic E-state index is 13.5. The summed E-state index contributed by atoms with van der Waals surface area (Å²) in [6.07, 6.45) is -3.28. The summed E-state index contributed by atoms with van der Waals surface area (Å²) in [5.74, 6) is -2.10. The molecule has 1 aromatic heterocycles. The zero-order valence-electron chi connectivity index (χ0n) is 13.2. The molecule has 26 heavy (non-hydrogen) atoms. The number of amides is 1. The predicted octanol–water partition coefficient (Wildman–Crippen LogP) is 3.14. The number of carboxylic acid groups (broad SMARTS) is 1. The first-order chi connectivity index (χ1) is 12.1. The van der Waals surface area contributed by atoms with E-state index < -0.39 is 34.7 Å². The largest absolute Gasteiger partial charge is 0.481 e. The van der Waals surface area contributed by atoms with Crippen molar-refractivity contribution in [2.24, 2.45) is 5.41 Å². The van der Waals surface area contributed by atoms with Gasteiger partial charge in [0.25, 0.3) is 5.91 Å². The Morgan fingerprint density at radius 3 is 2.38 bits per heavy atom. The maximum Gasteiger partial charge on any atom is 0.434 e. The molecule has 0 spiro atoms. The van der Waals surface area contributed by atoms with Crippen molar-refractivity contribution in [3.63, 3.8) is 0 Å². The van der Waals surface area contributed by atoms with Crippen LogP contribution in [0.1, 0.15) is 28.9 Å². The number of carbonyl (C=O) groups is 2. The molecule has 0 atom stereocenters. The SMILES string of the molecule is O=C(NCC1(C(=O)O)CC1)c1cnn(-c2ccc(Cl)cc2)c1C(F)(F)F. The van der Waals surface area contributed by atoms with E-state index in [1.165, 1.54) is 24.3 Å². The Balaban J connectivity index is 1.91. The molecule has 0 unspecified atom stereocenters. The van der Waals surface area contributed by atoms with Gasteiger partial charge >= 0.3 is 12.1 Å². The van der Waals surface area contributed by atoms with Crippen molar-refractivity contribution in [3.05, 3.63) is 46.7 Å². The molecule has 0 aliphatic heterocycles. The van der Waals surface area contributed by atoms with Gasteiger partial charge in [0.15, 0.2) is 5.69 Å². The highest BCUT2D eigenvalue weighted by Crippen LogP contribution is 2.45. The number of hydrogen-bond donors (Lipinski definition) is 2. The molecule has 138 valence electrons. The second kappa shape index (κ2) is 6.31. The Morgan fingerprint density at radius 2 is 1.88 bits per heavy atom. The molecule has 3 rings (SSSR count). The average molecular weight is 388 g/mol. The molecular formula is C16H13ClF3N3O3. The summed E-state index contributed by atoms with van der Waals surface area (Å²) < 4.78 is 41.2. The molecule has 0 radical (unpaired) electrons. The van der Waals surface area contributed by atoms with E-state index in [0.29, 0.717) is 22.5 Å². The Kier molecular flexibility index (Phi) is 4.43. The van der Waals surface area contributed by atoms with Crippen LogP contribution in [0.2, 0.25) is 5.02 Å². The van der Waals surface area contributed by atoms with E-state index in [9.17, 15) is 22.8 Å². The van der Waals surface area contributed by atoms with Gasteiger partial charge in [0.2, 0.25) is 0 Å². The van der Waals surface area contributed by atoms with Crippen LogP contribution in [0, 0.1) is 5.41 Å². The number of carboxylic acids is 1. The van der Waals surface area contributed by atoms with Crippen LogP contribution in [0.15, 0.2) is 30.5 Å². The van der Waals surface area contributed by atoms with Crippen molar-refractivity contribution in [2.75, 3.05) is 6.54 Å².